The second-order valence-electron chi connectivity index (χ2n) is 4.81. The molecule has 0 bridgehead atoms. The van der Waals surface area contributed by atoms with E-state index in [0.29, 0.717) is 0 Å². The van der Waals surface area contributed by atoms with Crippen molar-refractivity contribution in [1.29, 1.82) is 0 Å². The number of para-hydroxylation sites is 1. The number of benzene rings is 1. The molecule has 2 nitrogen and oxygen atoms in total. The molecule has 0 radical (unpaired) electrons. The predicted octanol–water partition coefficient (Wildman–Crippen LogP) is 3.03. The SMILES string of the molecule is Cn1cc(C2OC2(C)C)c2ccccc21. The first-order chi connectivity index (χ1) is 7.09. The quantitative estimate of drug-likeness (QED) is 0.648. The van der Waals surface area contributed by atoms with Gasteiger partial charge in [-0.1, -0.05) is 18.2 Å². The van der Waals surface area contributed by atoms with Crippen LogP contribution in [0.4, 0.5) is 0 Å². The third-order valence-corrected chi connectivity index (χ3v) is 3.21. The number of hydrogen-bond donors (Lipinski definition) is 0. The first-order valence-electron chi connectivity index (χ1n) is 5.31. The Morgan fingerprint density at radius 2 is 1.93 bits per heavy atom. The highest BCUT2D eigenvalue weighted by Crippen LogP contribution is 2.50. The van der Waals surface area contributed by atoms with Crippen molar-refractivity contribution < 1.29 is 4.74 Å². The van der Waals surface area contributed by atoms with Gasteiger partial charge >= 0.3 is 0 Å². The van der Waals surface area contributed by atoms with Crippen molar-refractivity contribution in [2.24, 2.45) is 7.05 Å². The first-order valence-corrected chi connectivity index (χ1v) is 5.31. The van der Waals surface area contributed by atoms with E-state index in [0.717, 1.165) is 0 Å². The molecule has 1 saturated heterocycles. The number of nitrogens with zero attached hydrogens (tertiary/aromatic N) is 1. The molecule has 0 amide bonds. The Morgan fingerprint density at radius 3 is 2.60 bits per heavy atom. The van der Waals surface area contributed by atoms with Gasteiger partial charge in [0.2, 0.25) is 0 Å². The summed E-state index contributed by atoms with van der Waals surface area (Å²) in [5.41, 5.74) is 2.61. The Labute approximate surface area is 89.5 Å². The smallest absolute Gasteiger partial charge is 0.114 e. The van der Waals surface area contributed by atoms with E-state index in [4.69, 9.17) is 4.74 Å². The van der Waals surface area contributed by atoms with Gasteiger partial charge in [0.05, 0.1) is 5.60 Å². The summed E-state index contributed by atoms with van der Waals surface area (Å²) < 4.78 is 7.87. The zero-order valence-electron chi connectivity index (χ0n) is 9.32. The van der Waals surface area contributed by atoms with E-state index in [1.807, 2.05) is 0 Å². The average Bonchev–Trinajstić information content (AvgIpc) is 2.69. The lowest BCUT2D eigenvalue weighted by atomic mass is 10.0. The van der Waals surface area contributed by atoms with Gasteiger partial charge < -0.3 is 9.30 Å². The molecule has 1 fully saturated rings. The summed E-state index contributed by atoms with van der Waals surface area (Å²) in [6.07, 6.45) is 2.45. The summed E-state index contributed by atoms with van der Waals surface area (Å²) in [6, 6.07) is 8.48. The van der Waals surface area contributed by atoms with Gasteiger partial charge in [0.15, 0.2) is 0 Å². The van der Waals surface area contributed by atoms with Crippen LogP contribution in [0.3, 0.4) is 0 Å². The van der Waals surface area contributed by atoms with E-state index in [9.17, 15) is 0 Å². The number of rotatable bonds is 1. The van der Waals surface area contributed by atoms with Crippen LogP contribution in [0.1, 0.15) is 25.5 Å². The van der Waals surface area contributed by atoms with Crippen LogP contribution in [-0.4, -0.2) is 10.2 Å². The molecule has 1 aromatic carbocycles. The fourth-order valence-corrected chi connectivity index (χ4v) is 2.29. The van der Waals surface area contributed by atoms with Gasteiger partial charge in [-0.15, -0.1) is 0 Å². The molecule has 0 saturated carbocycles. The molecule has 2 heterocycles. The van der Waals surface area contributed by atoms with Crippen LogP contribution < -0.4 is 0 Å². The summed E-state index contributed by atoms with van der Waals surface area (Å²) in [5.74, 6) is 0. The van der Waals surface area contributed by atoms with Gasteiger partial charge in [-0.2, -0.15) is 0 Å². The van der Waals surface area contributed by atoms with Crippen LogP contribution in [0.2, 0.25) is 0 Å². The summed E-state index contributed by atoms with van der Waals surface area (Å²) >= 11 is 0. The van der Waals surface area contributed by atoms with Crippen LogP contribution in [0.25, 0.3) is 10.9 Å². The summed E-state index contributed by atoms with van der Waals surface area (Å²) in [6.45, 7) is 4.28. The molecule has 78 valence electrons. The second-order valence-corrected chi connectivity index (χ2v) is 4.81. The standard InChI is InChI=1S/C13H15NO/c1-13(2)12(15-13)10-8-14(3)11-7-5-4-6-9(10)11/h4-8,12H,1-3H3. The second kappa shape index (κ2) is 2.64. The van der Waals surface area contributed by atoms with Crippen molar-refractivity contribution in [3.05, 3.63) is 36.0 Å². The Balaban J connectivity index is 2.20. The van der Waals surface area contributed by atoms with Crippen molar-refractivity contribution in [2.75, 3.05) is 0 Å². The zero-order valence-corrected chi connectivity index (χ0v) is 9.32. The van der Waals surface area contributed by atoms with Crippen LogP contribution in [-0.2, 0) is 11.8 Å². The maximum Gasteiger partial charge on any atom is 0.114 e. The lowest BCUT2D eigenvalue weighted by Crippen LogP contribution is -1.96. The molecule has 15 heavy (non-hydrogen) atoms. The van der Waals surface area contributed by atoms with E-state index in [1.165, 1.54) is 16.5 Å². The highest BCUT2D eigenvalue weighted by atomic mass is 16.6. The zero-order chi connectivity index (χ0) is 10.6. The van der Waals surface area contributed by atoms with E-state index in [-0.39, 0.29) is 11.7 Å². The molecule has 0 N–H and O–H groups in total. The van der Waals surface area contributed by atoms with Crippen molar-refractivity contribution in [1.82, 2.24) is 4.57 Å². The maximum atomic E-state index is 5.70. The van der Waals surface area contributed by atoms with Gasteiger partial charge in [0.1, 0.15) is 6.10 Å². The van der Waals surface area contributed by atoms with Gasteiger partial charge in [0.25, 0.3) is 0 Å². The van der Waals surface area contributed by atoms with Gasteiger partial charge in [-0.3, -0.25) is 0 Å². The summed E-state index contributed by atoms with van der Waals surface area (Å²) in [5, 5.41) is 1.32. The van der Waals surface area contributed by atoms with Crippen LogP contribution in [0, 0.1) is 0 Å². The van der Waals surface area contributed by atoms with Crippen LogP contribution >= 0.6 is 0 Å². The lowest BCUT2D eigenvalue weighted by molar-refractivity contribution is 0.325. The van der Waals surface area contributed by atoms with Crippen LogP contribution in [0.5, 0.6) is 0 Å². The first kappa shape index (κ1) is 8.98. The summed E-state index contributed by atoms with van der Waals surface area (Å²) in [7, 11) is 2.08. The fourth-order valence-electron chi connectivity index (χ4n) is 2.29. The van der Waals surface area contributed by atoms with E-state index in [1.54, 1.807) is 0 Å². The molecule has 0 aliphatic carbocycles. The molecular formula is C13H15NO. The van der Waals surface area contributed by atoms with Crippen molar-refractivity contribution in [3.8, 4) is 0 Å². The maximum absolute atomic E-state index is 5.70. The molecule has 2 heteroatoms. The minimum atomic E-state index is 0.0180. The molecular weight excluding hydrogens is 186 g/mol. The highest BCUT2D eigenvalue weighted by Gasteiger charge is 2.49. The molecule has 1 atom stereocenters. The Bertz CT molecular complexity index is 524. The predicted molar refractivity (Wildman–Crippen MR) is 60.8 cm³/mol. The monoisotopic (exact) mass is 201 g/mol. The van der Waals surface area contributed by atoms with Crippen LogP contribution in [0.15, 0.2) is 30.5 Å². The van der Waals surface area contributed by atoms with E-state index < -0.39 is 0 Å². The topological polar surface area (TPSA) is 17.5 Å². The summed E-state index contributed by atoms with van der Waals surface area (Å²) in [4.78, 5) is 0. The molecule has 3 rings (SSSR count). The number of fused-ring (bicyclic) bond motifs is 1. The number of aryl methyl sites for hydroxylation is 1. The van der Waals surface area contributed by atoms with E-state index in [2.05, 4.69) is 55.9 Å². The molecule has 1 aromatic heterocycles. The molecule has 0 spiro atoms. The minimum Gasteiger partial charge on any atom is -0.361 e. The Hall–Kier alpha value is -1.28. The largest absolute Gasteiger partial charge is 0.361 e. The van der Waals surface area contributed by atoms with Crippen molar-refractivity contribution >= 4 is 10.9 Å². The Kier molecular flexibility index (Phi) is 1.58. The molecule has 1 unspecified atom stereocenters. The fraction of sp³-hybridized carbons (Fsp3) is 0.385. The van der Waals surface area contributed by atoms with Gasteiger partial charge in [-0.05, 0) is 19.9 Å². The average molecular weight is 201 g/mol. The normalized spacial score (nSPS) is 23.3. The highest BCUT2D eigenvalue weighted by molar-refractivity contribution is 5.84. The van der Waals surface area contributed by atoms with Crippen molar-refractivity contribution in [3.63, 3.8) is 0 Å². The number of hydrogen-bond acceptors (Lipinski definition) is 1. The molecule has 1 aliphatic heterocycles. The van der Waals surface area contributed by atoms with E-state index >= 15 is 0 Å². The van der Waals surface area contributed by atoms with Crippen molar-refractivity contribution in [2.45, 2.75) is 25.6 Å². The number of ether oxygens (including phenoxy) is 1. The molecule has 2 aromatic rings. The van der Waals surface area contributed by atoms with Gasteiger partial charge in [-0.25, -0.2) is 0 Å². The third-order valence-electron chi connectivity index (χ3n) is 3.21. The Morgan fingerprint density at radius 1 is 1.27 bits per heavy atom. The molecule has 1 aliphatic rings. The number of epoxide rings is 1. The number of aromatic nitrogens is 1. The minimum absolute atomic E-state index is 0.0180. The van der Waals surface area contributed by atoms with Gasteiger partial charge in [0, 0.05) is 29.7 Å². The lowest BCUT2D eigenvalue weighted by Gasteiger charge is -1.95. The third kappa shape index (κ3) is 1.21.